The summed E-state index contributed by atoms with van der Waals surface area (Å²) in [5.41, 5.74) is 0.826. The Balaban J connectivity index is 2.85. The number of hydrogen-bond acceptors (Lipinski definition) is 4. The van der Waals surface area contributed by atoms with Crippen LogP contribution in [0.3, 0.4) is 0 Å². The Morgan fingerprint density at radius 1 is 1.54 bits per heavy atom. The SMILES string of the molecule is CC(C)c1nc(=O)oc2sccc12. The first-order valence-electron chi connectivity index (χ1n) is 4.06. The molecule has 2 aromatic rings. The zero-order chi connectivity index (χ0) is 9.42. The molecule has 4 heteroatoms. The van der Waals surface area contributed by atoms with Crippen LogP contribution in [0, 0.1) is 0 Å². The fraction of sp³-hybridized carbons (Fsp3) is 0.333. The Bertz CT molecular complexity index is 484. The lowest BCUT2D eigenvalue weighted by Gasteiger charge is -2.02. The summed E-state index contributed by atoms with van der Waals surface area (Å²) in [6.45, 7) is 4.03. The fourth-order valence-corrected chi connectivity index (χ4v) is 2.01. The van der Waals surface area contributed by atoms with Gasteiger partial charge in [-0.3, -0.25) is 0 Å². The van der Waals surface area contributed by atoms with E-state index in [0.717, 1.165) is 11.1 Å². The summed E-state index contributed by atoms with van der Waals surface area (Å²) in [6.07, 6.45) is 0. The van der Waals surface area contributed by atoms with Crippen molar-refractivity contribution >= 4 is 21.6 Å². The number of fused-ring (bicyclic) bond motifs is 1. The van der Waals surface area contributed by atoms with Crippen molar-refractivity contribution in [1.29, 1.82) is 0 Å². The van der Waals surface area contributed by atoms with Gasteiger partial charge in [-0.25, -0.2) is 4.79 Å². The molecule has 0 N–H and O–H groups in total. The second-order valence-corrected chi connectivity index (χ2v) is 4.02. The molecule has 0 unspecified atom stereocenters. The van der Waals surface area contributed by atoms with Gasteiger partial charge in [-0.15, -0.1) is 11.3 Å². The lowest BCUT2D eigenvalue weighted by atomic mass is 10.1. The molecule has 0 bridgehead atoms. The van der Waals surface area contributed by atoms with Crippen molar-refractivity contribution in [3.8, 4) is 0 Å². The molecule has 0 atom stereocenters. The van der Waals surface area contributed by atoms with Gasteiger partial charge in [-0.2, -0.15) is 4.98 Å². The van der Waals surface area contributed by atoms with Crippen LogP contribution in [0.5, 0.6) is 0 Å². The third-order valence-corrected chi connectivity index (χ3v) is 2.63. The molecule has 0 aliphatic heterocycles. The maximum atomic E-state index is 11.0. The van der Waals surface area contributed by atoms with Gasteiger partial charge in [0.05, 0.1) is 11.1 Å². The van der Waals surface area contributed by atoms with Crippen LogP contribution < -0.4 is 5.76 Å². The Kier molecular flexibility index (Phi) is 1.92. The molecule has 2 heterocycles. The predicted molar refractivity (Wildman–Crippen MR) is 52.2 cm³/mol. The van der Waals surface area contributed by atoms with Crippen LogP contribution in [0.4, 0.5) is 0 Å². The molecular weight excluding hydrogens is 186 g/mol. The van der Waals surface area contributed by atoms with Gasteiger partial charge in [-0.05, 0) is 17.4 Å². The monoisotopic (exact) mass is 195 g/mol. The quantitative estimate of drug-likeness (QED) is 0.701. The van der Waals surface area contributed by atoms with Crippen LogP contribution in [-0.2, 0) is 0 Å². The van der Waals surface area contributed by atoms with Gasteiger partial charge in [-0.1, -0.05) is 13.8 Å². The number of rotatable bonds is 1. The molecule has 68 valence electrons. The first kappa shape index (κ1) is 8.44. The van der Waals surface area contributed by atoms with E-state index in [0.29, 0.717) is 4.90 Å². The van der Waals surface area contributed by atoms with E-state index < -0.39 is 5.76 Å². The van der Waals surface area contributed by atoms with E-state index in [4.69, 9.17) is 4.42 Å². The van der Waals surface area contributed by atoms with Crippen LogP contribution in [0.15, 0.2) is 20.7 Å². The van der Waals surface area contributed by atoms with Crippen molar-refractivity contribution < 1.29 is 4.42 Å². The Hall–Kier alpha value is -1.16. The number of aromatic nitrogens is 1. The minimum atomic E-state index is -0.501. The highest BCUT2D eigenvalue weighted by atomic mass is 32.1. The molecule has 0 aliphatic rings. The van der Waals surface area contributed by atoms with E-state index in [1.807, 2.05) is 25.3 Å². The third-order valence-electron chi connectivity index (χ3n) is 1.84. The highest BCUT2D eigenvalue weighted by Gasteiger charge is 2.10. The van der Waals surface area contributed by atoms with Crippen molar-refractivity contribution in [3.05, 3.63) is 27.7 Å². The molecule has 2 aromatic heterocycles. The van der Waals surface area contributed by atoms with Crippen LogP contribution in [0.25, 0.3) is 10.3 Å². The second-order valence-electron chi connectivity index (χ2n) is 3.14. The van der Waals surface area contributed by atoms with Gasteiger partial charge >= 0.3 is 5.76 Å². The van der Waals surface area contributed by atoms with Crippen LogP contribution >= 0.6 is 11.3 Å². The lowest BCUT2D eigenvalue weighted by Crippen LogP contribution is -2.07. The van der Waals surface area contributed by atoms with E-state index in [1.54, 1.807) is 0 Å². The Morgan fingerprint density at radius 2 is 2.31 bits per heavy atom. The molecule has 0 fully saturated rings. The molecule has 2 rings (SSSR count). The van der Waals surface area contributed by atoms with E-state index in [1.165, 1.54) is 11.3 Å². The van der Waals surface area contributed by atoms with E-state index in [9.17, 15) is 4.79 Å². The number of nitrogens with zero attached hydrogens (tertiary/aromatic N) is 1. The molecular formula is C9H9NO2S. The largest absolute Gasteiger partial charge is 0.440 e. The van der Waals surface area contributed by atoms with E-state index in [2.05, 4.69) is 4.98 Å². The summed E-state index contributed by atoms with van der Waals surface area (Å²) in [6, 6.07) is 1.94. The van der Waals surface area contributed by atoms with Gasteiger partial charge in [0, 0.05) is 0 Å². The molecule has 0 spiro atoms. The molecule has 0 aromatic carbocycles. The van der Waals surface area contributed by atoms with Crippen LogP contribution in [0.1, 0.15) is 25.5 Å². The summed E-state index contributed by atoms with van der Waals surface area (Å²) < 4.78 is 4.94. The van der Waals surface area contributed by atoms with Crippen molar-refractivity contribution in [2.45, 2.75) is 19.8 Å². The van der Waals surface area contributed by atoms with Crippen molar-refractivity contribution in [3.63, 3.8) is 0 Å². The topological polar surface area (TPSA) is 43.1 Å². The molecule has 13 heavy (non-hydrogen) atoms. The highest BCUT2D eigenvalue weighted by Crippen LogP contribution is 2.25. The lowest BCUT2D eigenvalue weighted by molar-refractivity contribution is 0.530. The van der Waals surface area contributed by atoms with Crippen LogP contribution in [0.2, 0.25) is 0 Å². The zero-order valence-corrected chi connectivity index (χ0v) is 8.22. The number of thiophene rings is 1. The summed E-state index contributed by atoms with van der Waals surface area (Å²) in [5, 5.41) is 2.86. The first-order valence-corrected chi connectivity index (χ1v) is 4.94. The molecule has 0 saturated carbocycles. The molecule has 0 saturated heterocycles. The minimum absolute atomic E-state index is 0.251. The average molecular weight is 195 g/mol. The summed E-state index contributed by atoms with van der Waals surface area (Å²) in [7, 11) is 0. The summed E-state index contributed by atoms with van der Waals surface area (Å²) in [5.74, 6) is -0.250. The Labute approximate surface area is 79.0 Å². The molecule has 0 radical (unpaired) electrons. The molecule has 0 amide bonds. The van der Waals surface area contributed by atoms with Gasteiger partial charge in [0.15, 0.2) is 4.90 Å². The summed E-state index contributed by atoms with van der Waals surface area (Å²) in [4.78, 5) is 15.6. The van der Waals surface area contributed by atoms with Crippen molar-refractivity contribution in [2.24, 2.45) is 0 Å². The Morgan fingerprint density at radius 3 is 3.00 bits per heavy atom. The fourth-order valence-electron chi connectivity index (χ4n) is 1.27. The van der Waals surface area contributed by atoms with Gasteiger partial charge in [0.2, 0.25) is 0 Å². The maximum absolute atomic E-state index is 11.0. The van der Waals surface area contributed by atoms with Gasteiger partial charge in [0.1, 0.15) is 0 Å². The smallest absolute Gasteiger partial charge is 0.397 e. The highest BCUT2D eigenvalue weighted by molar-refractivity contribution is 7.16. The van der Waals surface area contributed by atoms with Crippen molar-refractivity contribution in [2.75, 3.05) is 0 Å². The van der Waals surface area contributed by atoms with Crippen LogP contribution in [-0.4, -0.2) is 4.98 Å². The molecule has 0 aliphatic carbocycles. The minimum Gasteiger partial charge on any atom is -0.397 e. The predicted octanol–water partition coefficient (Wildman–Crippen LogP) is 2.37. The average Bonchev–Trinajstić information content (AvgIpc) is 2.49. The van der Waals surface area contributed by atoms with E-state index >= 15 is 0 Å². The maximum Gasteiger partial charge on any atom is 0.440 e. The standard InChI is InChI=1S/C9H9NO2S/c1-5(2)7-6-3-4-13-8(6)12-9(11)10-7/h3-5H,1-2H3. The van der Waals surface area contributed by atoms with Gasteiger partial charge < -0.3 is 4.42 Å². The first-order chi connectivity index (χ1) is 6.18. The molecule has 3 nitrogen and oxygen atoms in total. The summed E-state index contributed by atoms with van der Waals surface area (Å²) >= 11 is 1.43. The van der Waals surface area contributed by atoms with E-state index in [-0.39, 0.29) is 5.92 Å². The number of hydrogen-bond donors (Lipinski definition) is 0. The second kappa shape index (κ2) is 2.96. The zero-order valence-electron chi connectivity index (χ0n) is 7.40. The van der Waals surface area contributed by atoms with Gasteiger partial charge in [0.25, 0.3) is 0 Å². The normalized spacial score (nSPS) is 11.3. The third kappa shape index (κ3) is 1.37. The van der Waals surface area contributed by atoms with Crippen molar-refractivity contribution in [1.82, 2.24) is 4.98 Å².